The number of fused-ring (bicyclic) bond motifs is 4. The lowest BCUT2D eigenvalue weighted by Gasteiger charge is -2.11. The number of phenolic OH excluding ortho intramolecular Hbond substituents is 1. The fourth-order valence-corrected chi connectivity index (χ4v) is 7.55. The summed E-state index contributed by atoms with van der Waals surface area (Å²) in [5.74, 6) is 0.0593. The SMILES string of the molecule is COc1cc(N=Nc2ccc(N=Nc3ccc(SOOO)cc3)cc2)c(C)cc1N=Nc1c(SOOO)cc2cc(-n3nc4ccc5cc(S(=O)(=O)O)ccc5c4n3)ccc2c1O. The number of rotatable bonds is 15. The van der Waals surface area contributed by atoms with Crippen molar-refractivity contribution in [3.63, 3.8) is 0 Å². The van der Waals surface area contributed by atoms with E-state index in [0.717, 1.165) is 12.0 Å². The highest BCUT2D eigenvalue weighted by Crippen LogP contribution is 2.45. The van der Waals surface area contributed by atoms with Crippen LogP contribution in [0.2, 0.25) is 0 Å². The average molecular weight is 908 g/mol. The van der Waals surface area contributed by atoms with Crippen LogP contribution in [0.3, 0.4) is 0 Å². The lowest BCUT2D eigenvalue weighted by Crippen LogP contribution is -1.98. The van der Waals surface area contributed by atoms with Crippen molar-refractivity contribution in [1.29, 1.82) is 0 Å². The topological polar surface area (TPSA) is 266 Å². The number of ether oxygens (including phenoxy) is 1. The molecule has 318 valence electrons. The van der Waals surface area contributed by atoms with Gasteiger partial charge in [-0.15, -0.1) is 29.1 Å². The Bertz CT molecular complexity index is 3210. The molecule has 0 saturated carbocycles. The summed E-state index contributed by atoms with van der Waals surface area (Å²) in [6.45, 7) is 1.81. The van der Waals surface area contributed by atoms with E-state index in [2.05, 4.69) is 55.3 Å². The quantitative estimate of drug-likeness (QED) is 0.0245. The lowest BCUT2D eigenvalue weighted by atomic mass is 10.1. The van der Waals surface area contributed by atoms with E-state index >= 15 is 0 Å². The summed E-state index contributed by atoms with van der Waals surface area (Å²) in [5, 5.41) is 73.5. The Balaban J connectivity index is 1.02. The summed E-state index contributed by atoms with van der Waals surface area (Å²) in [5.41, 5.74) is 4.80. The second-order valence-electron chi connectivity index (χ2n) is 13.1. The van der Waals surface area contributed by atoms with Crippen LogP contribution in [0.1, 0.15) is 5.56 Å². The van der Waals surface area contributed by atoms with Gasteiger partial charge >= 0.3 is 0 Å². The van der Waals surface area contributed by atoms with Crippen molar-refractivity contribution in [3.8, 4) is 17.2 Å². The van der Waals surface area contributed by atoms with Crippen molar-refractivity contribution in [2.24, 2.45) is 30.7 Å². The van der Waals surface area contributed by atoms with Crippen LogP contribution in [0.4, 0.5) is 34.1 Å². The first-order chi connectivity index (χ1) is 30.5. The van der Waals surface area contributed by atoms with Crippen LogP contribution in [0, 0.1) is 6.92 Å². The summed E-state index contributed by atoms with van der Waals surface area (Å²) >= 11 is 1.42. The number of benzene rings is 7. The number of nitrogens with zero attached hydrogens (tertiary/aromatic N) is 9. The molecule has 0 unspecified atom stereocenters. The number of phenols is 1. The molecule has 7 aromatic carbocycles. The Labute approximate surface area is 364 Å². The zero-order valence-corrected chi connectivity index (χ0v) is 34.8. The normalized spacial score (nSPS) is 12.3. The third kappa shape index (κ3) is 9.67. The molecule has 0 saturated heterocycles. The highest BCUT2D eigenvalue weighted by atomic mass is 32.2. The van der Waals surface area contributed by atoms with Gasteiger partial charge in [-0.1, -0.05) is 22.2 Å². The fourth-order valence-electron chi connectivity index (χ4n) is 6.19. The molecule has 1 heterocycles. The van der Waals surface area contributed by atoms with Crippen LogP contribution in [0.5, 0.6) is 11.5 Å². The second-order valence-corrected chi connectivity index (χ2v) is 16.1. The molecule has 20 nitrogen and oxygen atoms in total. The largest absolute Gasteiger partial charge is 0.505 e. The molecular formula is C40H29N9O11S3. The van der Waals surface area contributed by atoms with Gasteiger partial charge in [0.1, 0.15) is 28.2 Å². The number of aromatic nitrogens is 3. The Kier molecular flexibility index (Phi) is 12.7. The van der Waals surface area contributed by atoms with Crippen molar-refractivity contribution in [2.45, 2.75) is 21.6 Å². The van der Waals surface area contributed by atoms with Gasteiger partial charge in [0.25, 0.3) is 10.1 Å². The first-order valence-electron chi connectivity index (χ1n) is 18.0. The van der Waals surface area contributed by atoms with Crippen molar-refractivity contribution < 1.29 is 52.1 Å². The molecule has 8 aromatic rings. The van der Waals surface area contributed by atoms with Crippen LogP contribution < -0.4 is 4.74 Å². The Morgan fingerprint density at radius 3 is 1.98 bits per heavy atom. The Morgan fingerprint density at radius 2 is 1.30 bits per heavy atom. The zero-order chi connectivity index (χ0) is 44.1. The molecule has 0 amide bonds. The first-order valence-corrected chi connectivity index (χ1v) is 20.9. The smallest absolute Gasteiger partial charge is 0.294 e. The van der Waals surface area contributed by atoms with Gasteiger partial charge in [0.05, 0.1) is 69.4 Å². The Morgan fingerprint density at radius 1 is 0.651 bits per heavy atom. The van der Waals surface area contributed by atoms with Crippen LogP contribution in [-0.2, 0) is 28.9 Å². The van der Waals surface area contributed by atoms with E-state index in [1.54, 1.807) is 103 Å². The maximum absolute atomic E-state index is 11.7. The highest BCUT2D eigenvalue weighted by Gasteiger charge is 2.18. The molecule has 0 aliphatic heterocycles. The summed E-state index contributed by atoms with van der Waals surface area (Å²) in [6.07, 6.45) is 0. The number of hydrogen-bond donors (Lipinski definition) is 4. The van der Waals surface area contributed by atoms with E-state index < -0.39 is 10.1 Å². The van der Waals surface area contributed by atoms with Crippen LogP contribution in [0.25, 0.3) is 38.3 Å². The number of hydrogen-bond acceptors (Lipinski definition) is 20. The number of aromatic hydroxyl groups is 1. The summed E-state index contributed by atoms with van der Waals surface area (Å²) < 4.78 is 47.6. The van der Waals surface area contributed by atoms with Crippen molar-refractivity contribution in [1.82, 2.24) is 15.0 Å². The maximum Gasteiger partial charge on any atom is 0.294 e. The molecule has 1 aromatic heterocycles. The van der Waals surface area contributed by atoms with E-state index in [4.69, 9.17) is 19.6 Å². The predicted molar refractivity (Wildman–Crippen MR) is 230 cm³/mol. The molecular weight excluding hydrogens is 879 g/mol. The predicted octanol–water partition coefficient (Wildman–Crippen LogP) is 12.1. The summed E-state index contributed by atoms with van der Waals surface area (Å²) in [7, 11) is -2.93. The van der Waals surface area contributed by atoms with Crippen LogP contribution in [-0.4, -0.2) is 50.7 Å². The van der Waals surface area contributed by atoms with Gasteiger partial charge in [0.15, 0.2) is 5.75 Å². The molecule has 0 spiro atoms. The van der Waals surface area contributed by atoms with E-state index in [0.29, 0.717) is 95.0 Å². The number of aryl methyl sites for hydroxylation is 1. The van der Waals surface area contributed by atoms with Gasteiger partial charge < -0.3 is 9.84 Å². The molecule has 0 aliphatic rings. The maximum atomic E-state index is 11.7. The molecule has 0 radical (unpaired) electrons. The van der Waals surface area contributed by atoms with E-state index in [1.807, 2.05) is 6.92 Å². The van der Waals surface area contributed by atoms with Gasteiger partial charge in [-0.05, 0) is 120 Å². The Hall–Kier alpha value is -6.77. The van der Waals surface area contributed by atoms with Crippen molar-refractivity contribution in [3.05, 3.63) is 121 Å². The van der Waals surface area contributed by atoms with Gasteiger partial charge in [-0.3, -0.25) is 4.55 Å². The molecule has 0 aliphatic carbocycles. The third-order valence-corrected chi connectivity index (χ3v) is 11.3. The second kappa shape index (κ2) is 18.7. The monoisotopic (exact) mass is 907 g/mol. The van der Waals surface area contributed by atoms with Gasteiger partial charge in [-0.2, -0.15) is 33.7 Å². The molecule has 63 heavy (non-hydrogen) atoms. The molecule has 0 fully saturated rings. The fraction of sp³-hybridized carbons (Fsp3) is 0.0500. The first kappa shape index (κ1) is 42.9. The van der Waals surface area contributed by atoms with E-state index in [9.17, 15) is 18.1 Å². The molecule has 4 N–H and O–H groups in total. The van der Waals surface area contributed by atoms with Gasteiger partial charge in [-0.25, -0.2) is 10.5 Å². The molecule has 23 heteroatoms. The van der Waals surface area contributed by atoms with Gasteiger partial charge in [0, 0.05) is 21.7 Å². The van der Waals surface area contributed by atoms with Crippen molar-refractivity contribution in [2.75, 3.05) is 7.11 Å². The standard InChI is InChI=1S/C40H29N9O11S3/c1-22-17-35(36(56-2)21-34(22)44-43-26-6-4-25(5-7-26)41-42-27-8-11-29(12-9-27)61-59-57-51)45-46-39-37(62-60-58-52)20-24-18-28(10-14-32(24)40(39)50)49-47-33-16-3-23-19-30(63(53,54)55)13-15-31(23)38(33)48-49/h3-21,50-52H,1-2H3,(H,53,54,55). The number of methoxy groups -OCH3 is 1. The minimum absolute atomic E-state index is 0.000625. The van der Waals surface area contributed by atoms with Crippen molar-refractivity contribution >= 4 is 101 Å². The summed E-state index contributed by atoms with van der Waals surface area (Å²) in [6, 6.07) is 31.5. The summed E-state index contributed by atoms with van der Waals surface area (Å²) in [4.78, 5) is 2.07. The van der Waals surface area contributed by atoms with E-state index in [1.165, 1.54) is 24.0 Å². The molecule has 0 atom stereocenters. The van der Waals surface area contributed by atoms with Gasteiger partial charge in [0.2, 0.25) is 0 Å². The lowest BCUT2D eigenvalue weighted by molar-refractivity contribution is -0.432. The molecule has 8 rings (SSSR count). The number of azo groups is 3. The minimum Gasteiger partial charge on any atom is -0.505 e. The van der Waals surface area contributed by atoms with Crippen LogP contribution in [0.15, 0.2) is 161 Å². The van der Waals surface area contributed by atoms with Crippen LogP contribution >= 0.6 is 24.1 Å². The highest BCUT2D eigenvalue weighted by molar-refractivity contribution is 7.95. The zero-order valence-electron chi connectivity index (χ0n) is 32.4. The third-order valence-electron chi connectivity index (χ3n) is 9.21. The molecule has 0 bridgehead atoms. The minimum atomic E-state index is -4.40. The van der Waals surface area contributed by atoms with E-state index in [-0.39, 0.29) is 21.2 Å². The average Bonchev–Trinajstić information content (AvgIpc) is 3.74.